The van der Waals surface area contributed by atoms with Crippen LogP contribution in [0.25, 0.3) is 0 Å². The second-order valence-electron chi connectivity index (χ2n) is 5.81. The molecular formula is C17H22N2O3S2. The lowest BCUT2D eigenvalue weighted by molar-refractivity contribution is -0.113. The number of hydrogen-bond acceptors (Lipinski definition) is 5. The third-order valence-corrected chi connectivity index (χ3v) is 5.50. The standard InChI is InChI=1S/C17H22N2O3S2/c1-12-7-9-19(10-8-12)17(23)24-11-15(20)18-14-6-4-3-5-13(14)16(21)22-2/h3-6,12H,7-11H2,1-2H3,(H,18,20). The summed E-state index contributed by atoms with van der Waals surface area (Å²) in [4.78, 5) is 26.0. The van der Waals surface area contributed by atoms with Gasteiger partial charge >= 0.3 is 5.97 Å². The van der Waals surface area contributed by atoms with Gasteiger partial charge in [0, 0.05) is 13.1 Å². The molecular weight excluding hydrogens is 344 g/mol. The number of esters is 1. The molecule has 0 saturated carbocycles. The molecule has 0 radical (unpaired) electrons. The first-order chi connectivity index (χ1) is 11.5. The van der Waals surface area contributed by atoms with Gasteiger partial charge in [-0.2, -0.15) is 0 Å². The summed E-state index contributed by atoms with van der Waals surface area (Å²) in [5.74, 6) is 0.299. The molecule has 0 atom stereocenters. The normalized spacial score (nSPS) is 15.0. The molecule has 0 bridgehead atoms. The molecule has 1 aromatic carbocycles. The first-order valence-electron chi connectivity index (χ1n) is 7.90. The van der Waals surface area contributed by atoms with Crippen LogP contribution in [0.4, 0.5) is 5.69 Å². The first kappa shape index (κ1) is 18.7. The van der Waals surface area contributed by atoms with Crippen molar-refractivity contribution in [1.82, 2.24) is 4.90 Å². The topological polar surface area (TPSA) is 58.6 Å². The van der Waals surface area contributed by atoms with E-state index >= 15 is 0 Å². The number of methoxy groups -OCH3 is 1. The van der Waals surface area contributed by atoms with Crippen LogP contribution in [0.3, 0.4) is 0 Å². The number of nitrogens with zero attached hydrogens (tertiary/aromatic N) is 1. The smallest absolute Gasteiger partial charge is 0.339 e. The Morgan fingerprint density at radius 3 is 2.67 bits per heavy atom. The van der Waals surface area contributed by atoms with E-state index in [1.54, 1.807) is 24.3 Å². The van der Waals surface area contributed by atoms with Crippen LogP contribution in [0, 0.1) is 5.92 Å². The van der Waals surface area contributed by atoms with E-state index in [0.717, 1.165) is 36.2 Å². The fourth-order valence-corrected chi connectivity index (χ4v) is 3.53. The van der Waals surface area contributed by atoms with Gasteiger partial charge in [-0.1, -0.05) is 43.0 Å². The van der Waals surface area contributed by atoms with E-state index in [1.165, 1.54) is 18.9 Å². The fourth-order valence-electron chi connectivity index (χ4n) is 2.48. The van der Waals surface area contributed by atoms with Gasteiger partial charge in [0.25, 0.3) is 0 Å². The molecule has 24 heavy (non-hydrogen) atoms. The number of piperidine rings is 1. The minimum atomic E-state index is -0.475. The Labute approximate surface area is 152 Å². The van der Waals surface area contributed by atoms with Crippen molar-refractivity contribution in [3.8, 4) is 0 Å². The lowest BCUT2D eigenvalue weighted by atomic mass is 10.00. The Bertz CT molecular complexity index is 614. The largest absolute Gasteiger partial charge is 0.465 e. The highest BCUT2D eigenvalue weighted by Gasteiger charge is 2.19. The quantitative estimate of drug-likeness (QED) is 0.652. The zero-order valence-electron chi connectivity index (χ0n) is 13.9. The summed E-state index contributed by atoms with van der Waals surface area (Å²) in [5, 5.41) is 2.75. The number of anilines is 1. The summed E-state index contributed by atoms with van der Waals surface area (Å²) in [6.45, 7) is 4.17. The van der Waals surface area contributed by atoms with Gasteiger partial charge in [-0.3, -0.25) is 4.79 Å². The molecule has 2 rings (SSSR count). The number of carbonyl (C=O) groups excluding carboxylic acids is 2. The molecule has 7 heteroatoms. The van der Waals surface area contributed by atoms with Gasteiger partial charge in [-0.15, -0.1) is 0 Å². The van der Waals surface area contributed by atoms with Gasteiger partial charge in [-0.05, 0) is 30.9 Å². The predicted octanol–water partition coefficient (Wildman–Crippen LogP) is 3.16. The number of likely N-dealkylation sites (tertiary alicyclic amines) is 1. The van der Waals surface area contributed by atoms with E-state index in [4.69, 9.17) is 17.0 Å². The highest BCUT2D eigenvalue weighted by Crippen LogP contribution is 2.21. The molecule has 0 aliphatic carbocycles. The molecule has 0 spiro atoms. The highest BCUT2D eigenvalue weighted by molar-refractivity contribution is 8.23. The van der Waals surface area contributed by atoms with Crippen molar-refractivity contribution >= 4 is 45.9 Å². The first-order valence-corrected chi connectivity index (χ1v) is 9.29. The number of thiocarbonyl (C=S) groups is 1. The number of para-hydroxylation sites is 1. The van der Waals surface area contributed by atoms with Gasteiger partial charge < -0.3 is 15.0 Å². The van der Waals surface area contributed by atoms with Gasteiger partial charge in [0.05, 0.1) is 24.1 Å². The maximum absolute atomic E-state index is 12.2. The van der Waals surface area contributed by atoms with Gasteiger partial charge in [-0.25, -0.2) is 4.79 Å². The SMILES string of the molecule is COC(=O)c1ccccc1NC(=O)CSC(=S)N1CCC(C)CC1. The molecule has 1 aliphatic rings. The van der Waals surface area contributed by atoms with E-state index < -0.39 is 5.97 Å². The van der Waals surface area contributed by atoms with Crippen molar-refractivity contribution < 1.29 is 14.3 Å². The van der Waals surface area contributed by atoms with Crippen LogP contribution in [0.5, 0.6) is 0 Å². The van der Waals surface area contributed by atoms with E-state index in [0.29, 0.717) is 11.3 Å². The second kappa shape index (κ2) is 9.03. The molecule has 1 aromatic rings. The van der Waals surface area contributed by atoms with Crippen molar-refractivity contribution in [2.24, 2.45) is 5.92 Å². The van der Waals surface area contributed by atoms with Crippen LogP contribution in [-0.2, 0) is 9.53 Å². The van der Waals surface area contributed by atoms with E-state index in [-0.39, 0.29) is 11.7 Å². The average molecular weight is 367 g/mol. The fraction of sp³-hybridized carbons (Fsp3) is 0.471. The van der Waals surface area contributed by atoms with Crippen molar-refractivity contribution in [1.29, 1.82) is 0 Å². The number of ether oxygens (including phenoxy) is 1. The van der Waals surface area contributed by atoms with Crippen molar-refractivity contribution in [3.63, 3.8) is 0 Å². The van der Waals surface area contributed by atoms with Crippen LogP contribution in [-0.4, -0.2) is 47.0 Å². The van der Waals surface area contributed by atoms with Crippen LogP contribution in [0.1, 0.15) is 30.1 Å². The zero-order valence-corrected chi connectivity index (χ0v) is 15.5. The van der Waals surface area contributed by atoms with E-state index in [2.05, 4.69) is 17.1 Å². The number of benzene rings is 1. The second-order valence-corrected chi connectivity index (χ2v) is 7.42. The summed E-state index contributed by atoms with van der Waals surface area (Å²) in [7, 11) is 1.31. The Morgan fingerprint density at radius 1 is 1.33 bits per heavy atom. The molecule has 1 heterocycles. The number of carbonyl (C=O) groups is 2. The molecule has 0 aromatic heterocycles. The van der Waals surface area contributed by atoms with Gasteiger partial charge in [0.1, 0.15) is 4.32 Å². The number of amides is 1. The number of hydrogen-bond donors (Lipinski definition) is 1. The predicted molar refractivity (Wildman–Crippen MR) is 101 cm³/mol. The summed E-state index contributed by atoms with van der Waals surface area (Å²) in [6.07, 6.45) is 2.28. The molecule has 1 saturated heterocycles. The van der Waals surface area contributed by atoms with Crippen LogP contribution in [0.2, 0.25) is 0 Å². The third-order valence-electron chi connectivity index (χ3n) is 3.98. The van der Waals surface area contributed by atoms with Crippen LogP contribution >= 0.6 is 24.0 Å². The highest BCUT2D eigenvalue weighted by atomic mass is 32.2. The summed E-state index contributed by atoms with van der Waals surface area (Å²) in [6, 6.07) is 6.78. The zero-order chi connectivity index (χ0) is 17.5. The number of thioether (sulfide) groups is 1. The van der Waals surface area contributed by atoms with Crippen molar-refractivity contribution in [2.45, 2.75) is 19.8 Å². The summed E-state index contributed by atoms with van der Waals surface area (Å²) in [5.41, 5.74) is 0.790. The maximum Gasteiger partial charge on any atom is 0.339 e. The molecule has 1 amide bonds. The Hall–Kier alpha value is -1.60. The van der Waals surface area contributed by atoms with Crippen molar-refractivity contribution in [2.75, 3.05) is 31.3 Å². The van der Waals surface area contributed by atoms with Gasteiger partial charge in [0.2, 0.25) is 5.91 Å². The van der Waals surface area contributed by atoms with E-state index in [1.807, 2.05) is 0 Å². The average Bonchev–Trinajstić information content (AvgIpc) is 2.60. The minimum Gasteiger partial charge on any atom is -0.465 e. The maximum atomic E-state index is 12.2. The summed E-state index contributed by atoms with van der Waals surface area (Å²) >= 11 is 6.78. The Morgan fingerprint density at radius 2 is 2.00 bits per heavy atom. The molecule has 1 N–H and O–H groups in total. The van der Waals surface area contributed by atoms with Gasteiger partial charge in [0.15, 0.2) is 0 Å². The molecule has 1 fully saturated rings. The monoisotopic (exact) mass is 366 g/mol. The third kappa shape index (κ3) is 5.21. The minimum absolute atomic E-state index is 0.191. The Kier molecular flexibility index (Phi) is 7.05. The number of rotatable bonds is 4. The molecule has 1 aliphatic heterocycles. The molecule has 130 valence electrons. The van der Waals surface area contributed by atoms with Crippen LogP contribution in [0.15, 0.2) is 24.3 Å². The molecule has 5 nitrogen and oxygen atoms in total. The van der Waals surface area contributed by atoms with E-state index in [9.17, 15) is 9.59 Å². The van der Waals surface area contributed by atoms with Crippen molar-refractivity contribution in [3.05, 3.63) is 29.8 Å². The lowest BCUT2D eigenvalue weighted by Crippen LogP contribution is -2.36. The Balaban J connectivity index is 1.85. The lowest BCUT2D eigenvalue weighted by Gasteiger charge is -2.31. The molecule has 0 unspecified atom stereocenters. The van der Waals surface area contributed by atoms with Crippen LogP contribution < -0.4 is 5.32 Å². The summed E-state index contributed by atoms with van der Waals surface area (Å²) < 4.78 is 5.48. The number of nitrogens with one attached hydrogen (secondary N) is 1.